The summed E-state index contributed by atoms with van der Waals surface area (Å²) >= 11 is 7.44. The zero-order valence-corrected chi connectivity index (χ0v) is 18.5. The highest BCUT2D eigenvalue weighted by Crippen LogP contribution is 2.24. The molecule has 0 radical (unpaired) electrons. The number of hydrogen-bond donors (Lipinski definition) is 0. The van der Waals surface area contributed by atoms with Crippen LogP contribution in [0.5, 0.6) is 5.75 Å². The van der Waals surface area contributed by atoms with Crippen molar-refractivity contribution in [2.45, 2.75) is 19.9 Å². The number of Topliss-reactive ketones (excluding diaryl/α,β-unsaturated/α-hetero) is 1. The molecule has 4 rings (SSSR count). The zero-order chi connectivity index (χ0) is 22.1. The maximum absolute atomic E-state index is 13.4. The third-order valence-corrected chi connectivity index (χ3v) is 6.51. The predicted octanol–water partition coefficient (Wildman–Crippen LogP) is 4.32. The van der Waals surface area contributed by atoms with Gasteiger partial charge in [0.25, 0.3) is 5.56 Å². The van der Waals surface area contributed by atoms with Gasteiger partial charge in [-0.3, -0.25) is 14.2 Å². The van der Waals surface area contributed by atoms with E-state index in [1.165, 1.54) is 23.0 Å². The van der Waals surface area contributed by atoms with Crippen molar-refractivity contribution in [1.29, 1.82) is 0 Å². The summed E-state index contributed by atoms with van der Waals surface area (Å²) in [6.07, 6.45) is 0.716. The minimum Gasteiger partial charge on any atom is -0.497 e. The molecule has 0 saturated heterocycles. The fourth-order valence-corrected chi connectivity index (χ4v) is 4.65. The van der Waals surface area contributed by atoms with Gasteiger partial charge >= 0.3 is 5.69 Å². The zero-order valence-electron chi connectivity index (χ0n) is 16.9. The summed E-state index contributed by atoms with van der Waals surface area (Å²) in [4.78, 5) is 41.1. The fourth-order valence-electron chi connectivity index (χ4n) is 3.39. The molecule has 0 bridgehead atoms. The Morgan fingerprint density at radius 2 is 1.87 bits per heavy atom. The Morgan fingerprint density at radius 3 is 2.58 bits per heavy atom. The first-order valence-corrected chi connectivity index (χ1v) is 10.8. The molecule has 0 saturated carbocycles. The molecule has 158 valence electrons. The van der Waals surface area contributed by atoms with Gasteiger partial charge in [-0.05, 0) is 42.8 Å². The Kier molecular flexibility index (Phi) is 5.80. The van der Waals surface area contributed by atoms with E-state index in [1.54, 1.807) is 54.6 Å². The molecule has 0 N–H and O–H groups in total. The van der Waals surface area contributed by atoms with Gasteiger partial charge in [0.15, 0.2) is 5.78 Å². The van der Waals surface area contributed by atoms with E-state index in [2.05, 4.69) is 0 Å². The summed E-state index contributed by atoms with van der Waals surface area (Å²) in [6, 6.07) is 15.1. The number of ether oxygens (including phenoxy) is 1. The molecule has 8 heteroatoms. The molecule has 0 aliphatic rings. The van der Waals surface area contributed by atoms with Crippen molar-refractivity contribution in [1.82, 2.24) is 9.13 Å². The lowest BCUT2D eigenvalue weighted by molar-refractivity contribution is 0.0971. The molecule has 0 amide bonds. The van der Waals surface area contributed by atoms with Gasteiger partial charge in [-0.2, -0.15) is 0 Å². The smallest absolute Gasteiger partial charge is 0.337 e. The maximum Gasteiger partial charge on any atom is 0.337 e. The van der Waals surface area contributed by atoms with Gasteiger partial charge in [-0.25, -0.2) is 9.36 Å². The van der Waals surface area contributed by atoms with Crippen LogP contribution in [0.4, 0.5) is 0 Å². The van der Waals surface area contributed by atoms with Crippen LogP contribution in [0, 0.1) is 0 Å². The number of ketones is 1. The number of nitrogens with zero attached hydrogens (tertiary/aromatic N) is 2. The number of fused-ring (bicyclic) bond motifs is 1. The molecule has 31 heavy (non-hydrogen) atoms. The summed E-state index contributed by atoms with van der Waals surface area (Å²) < 4.78 is 7.63. The molecule has 4 aromatic rings. The second kappa shape index (κ2) is 8.53. The standard InChI is InChI=1S/C23H19ClN2O4S/c1-3-18-12-19-21(28)26(16-8-5-7-15(24)11-16)23(29)25(22(19)31-18)13-20(27)14-6-4-9-17(10-14)30-2/h4-12H,3,13H2,1-2H3. The normalized spacial score (nSPS) is 11.1. The monoisotopic (exact) mass is 454 g/mol. The molecule has 0 aliphatic heterocycles. The minimum atomic E-state index is -0.583. The van der Waals surface area contributed by atoms with Crippen LogP contribution < -0.4 is 16.0 Å². The topological polar surface area (TPSA) is 70.3 Å². The predicted molar refractivity (Wildman–Crippen MR) is 123 cm³/mol. The second-order valence-corrected chi connectivity index (χ2v) is 8.48. The van der Waals surface area contributed by atoms with Crippen molar-refractivity contribution in [3.8, 4) is 11.4 Å². The third-order valence-electron chi connectivity index (χ3n) is 4.97. The summed E-state index contributed by atoms with van der Waals surface area (Å²) in [5.41, 5.74) is -0.229. The van der Waals surface area contributed by atoms with Crippen LogP contribution in [-0.2, 0) is 13.0 Å². The molecule has 2 aromatic heterocycles. The lowest BCUT2D eigenvalue weighted by Gasteiger charge is -2.12. The van der Waals surface area contributed by atoms with Crippen molar-refractivity contribution in [3.05, 3.63) is 90.9 Å². The minimum absolute atomic E-state index is 0.201. The number of rotatable bonds is 6. The van der Waals surface area contributed by atoms with Gasteiger partial charge in [-0.15, -0.1) is 11.3 Å². The van der Waals surface area contributed by atoms with Crippen molar-refractivity contribution in [3.63, 3.8) is 0 Å². The molecular formula is C23H19ClN2O4S. The molecular weight excluding hydrogens is 436 g/mol. The number of thiophene rings is 1. The number of aromatic nitrogens is 2. The number of carbonyl (C=O) groups excluding carboxylic acids is 1. The Hall–Kier alpha value is -3.16. The molecule has 0 fully saturated rings. The molecule has 6 nitrogen and oxygen atoms in total. The van der Waals surface area contributed by atoms with Crippen LogP contribution in [0.3, 0.4) is 0 Å². The van der Waals surface area contributed by atoms with Gasteiger partial charge in [0.2, 0.25) is 0 Å². The van der Waals surface area contributed by atoms with E-state index in [0.717, 1.165) is 9.44 Å². The third kappa shape index (κ3) is 3.94. The number of methoxy groups -OCH3 is 1. The van der Waals surface area contributed by atoms with E-state index in [1.807, 2.05) is 6.92 Å². The largest absolute Gasteiger partial charge is 0.497 e. The highest BCUT2D eigenvalue weighted by atomic mass is 35.5. The number of hydrogen-bond acceptors (Lipinski definition) is 5. The van der Waals surface area contributed by atoms with Crippen LogP contribution in [0.1, 0.15) is 22.2 Å². The number of carbonyl (C=O) groups is 1. The van der Waals surface area contributed by atoms with E-state index >= 15 is 0 Å². The van der Waals surface area contributed by atoms with E-state index < -0.39 is 11.2 Å². The van der Waals surface area contributed by atoms with Gasteiger partial charge in [0, 0.05) is 15.5 Å². The first-order valence-electron chi connectivity index (χ1n) is 9.64. The van der Waals surface area contributed by atoms with Crippen molar-refractivity contribution >= 4 is 38.9 Å². The van der Waals surface area contributed by atoms with Crippen LogP contribution in [0.15, 0.2) is 64.2 Å². The quantitative estimate of drug-likeness (QED) is 0.407. The van der Waals surface area contributed by atoms with Gasteiger partial charge in [-0.1, -0.05) is 36.7 Å². The van der Waals surface area contributed by atoms with E-state index in [-0.39, 0.29) is 12.3 Å². The fraction of sp³-hybridized carbons (Fsp3) is 0.174. The van der Waals surface area contributed by atoms with Crippen LogP contribution in [0.25, 0.3) is 15.9 Å². The number of halogens is 1. The average Bonchev–Trinajstić information content (AvgIpc) is 3.21. The molecule has 0 aliphatic carbocycles. The molecule has 2 aromatic carbocycles. The highest BCUT2D eigenvalue weighted by Gasteiger charge is 2.20. The summed E-state index contributed by atoms with van der Waals surface area (Å²) in [5, 5.41) is 0.808. The Labute approximate surface area is 186 Å². The number of aryl methyl sites for hydroxylation is 1. The van der Waals surface area contributed by atoms with Crippen LogP contribution in [-0.4, -0.2) is 22.0 Å². The van der Waals surface area contributed by atoms with Gasteiger partial charge in [0.1, 0.15) is 10.6 Å². The summed E-state index contributed by atoms with van der Waals surface area (Å²) in [5.74, 6) is 0.293. The van der Waals surface area contributed by atoms with Crippen molar-refractivity contribution in [2.24, 2.45) is 0 Å². The van der Waals surface area contributed by atoms with E-state index in [4.69, 9.17) is 16.3 Å². The highest BCUT2D eigenvalue weighted by molar-refractivity contribution is 7.18. The SMILES string of the molecule is CCc1cc2c(=O)n(-c3cccc(Cl)c3)c(=O)n(CC(=O)c3cccc(OC)c3)c2s1. The summed E-state index contributed by atoms with van der Waals surface area (Å²) in [6.45, 7) is 1.77. The van der Waals surface area contributed by atoms with Crippen LogP contribution in [0.2, 0.25) is 5.02 Å². The molecule has 2 heterocycles. The molecule has 0 atom stereocenters. The van der Waals surface area contributed by atoms with Crippen molar-refractivity contribution < 1.29 is 9.53 Å². The van der Waals surface area contributed by atoms with Crippen molar-refractivity contribution in [2.75, 3.05) is 7.11 Å². The molecule has 0 spiro atoms. The number of benzene rings is 2. The Morgan fingerprint density at radius 1 is 1.10 bits per heavy atom. The van der Waals surface area contributed by atoms with Gasteiger partial charge in [0.05, 0.1) is 24.7 Å². The molecule has 0 unspecified atom stereocenters. The van der Waals surface area contributed by atoms with Gasteiger partial charge < -0.3 is 4.74 Å². The first kappa shape index (κ1) is 21.1. The second-order valence-electron chi connectivity index (χ2n) is 6.93. The Bertz CT molecular complexity index is 1420. The maximum atomic E-state index is 13.4. The average molecular weight is 455 g/mol. The lowest BCUT2D eigenvalue weighted by atomic mass is 10.1. The first-order chi connectivity index (χ1) is 14.9. The van der Waals surface area contributed by atoms with E-state index in [9.17, 15) is 14.4 Å². The van der Waals surface area contributed by atoms with E-state index in [0.29, 0.717) is 38.7 Å². The van der Waals surface area contributed by atoms with Crippen LogP contribution >= 0.6 is 22.9 Å². The summed E-state index contributed by atoms with van der Waals surface area (Å²) in [7, 11) is 1.52. The Balaban J connectivity index is 1.93. The lowest BCUT2D eigenvalue weighted by Crippen LogP contribution is -2.39.